The van der Waals surface area contributed by atoms with E-state index < -0.39 is 0 Å². The van der Waals surface area contributed by atoms with Crippen LogP contribution in [-0.2, 0) is 6.42 Å². The van der Waals surface area contributed by atoms with Crippen molar-refractivity contribution in [2.45, 2.75) is 34.1 Å². The molecule has 1 radical (unpaired) electrons. The number of rotatable bonds is 2. The molecule has 0 saturated heterocycles. The largest absolute Gasteiger partial charge is 0.238 e. The summed E-state index contributed by atoms with van der Waals surface area (Å²) in [7, 11) is 0. The van der Waals surface area contributed by atoms with Crippen molar-refractivity contribution in [3.05, 3.63) is 23.3 Å². The average molecular weight is 163 g/mol. The van der Waals surface area contributed by atoms with Crippen molar-refractivity contribution in [3.8, 4) is 0 Å². The summed E-state index contributed by atoms with van der Waals surface area (Å²) in [5.41, 5.74) is 2.09. The highest BCUT2D eigenvalue weighted by molar-refractivity contribution is 5.12. The summed E-state index contributed by atoms with van der Waals surface area (Å²) in [5.74, 6) is 1.52. The number of hydrogen-bond acceptors (Lipinski definition) is 2. The van der Waals surface area contributed by atoms with Crippen molar-refractivity contribution in [1.29, 1.82) is 0 Å². The summed E-state index contributed by atoms with van der Waals surface area (Å²) >= 11 is 0. The Balaban J connectivity index is 2.82. The zero-order chi connectivity index (χ0) is 9.14. The molecule has 0 aliphatic carbocycles. The average Bonchev–Trinajstić information content (AvgIpc) is 1.96. The van der Waals surface area contributed by atoms with E-state index in [1.54, 1.807) is 0 Å². The quantitative estimate of drug-likeness (QED) is 0.667. The lowest BCUT2D eigenvalue weighted by Gasteiger charge is -2.04. The Morgan fingerprint density at radius 1 is 1.33 bits per heavy atom. The van der Waals surface area contributed by atoms with E-state index in [0.29, 0.717) is 5.92 Å². The highest BCUT2D eigenvalue weighted by Crippen LogP contribution is 2.05. The van der Waals surface area contributed by atoms with Gasteiger partial charge in [-0.1, -0.05) is 13.8 Å². The van der Waals surface area contributed by atoms with E-state index >= 15 is 0 Å². The first-order chi connectivity index (χ1) is 5.59. The Morgan fingerprint density at radius 2 is 2.00 bits per heavy atom. The molecule has 0 amide bonds. The zero-order valence-electron chi connectivity index (χ0n) is 8.18. The lowest BCUT2D eigenvalue weighted by molar-refractivity contribution is 0.617. The summed E-state index contributed by atoms with van der Waals surface area (Å²) < 4.78 is 0. The number of aromatic nitrogens is 2. The van der Waals surface area contributed by atoms with Gasteiger partial charge in [0.15, 0.2) is 0 Å². The molecular weight excluding hydrogens is 148 g/mol. The normalized spacial score (nSPS) is 10.8. The third kappa shape index (κ3) is 2.29. The summed E-state index contributed by atoms with van der Waals surface area (Å²) in [6.07, 6.45) is 3.90. The summed E-state index contributed by atoms with van der Waals surface area (Å²) in [6, 6.07) is 0. The van der Waals surface area contributed by atoms with E-state index in [1.807, 2.05) is 13.8 Å². The van der Waals surface area contributed by atoms with Crippen LogP contribution in [0.3, 0.4) is 0 Å². The van der Waals surface area contributed by atoms with Crippen LogP contribution in [0.4, 0.5) is 0 Å². The molecule has 2 nitrogen and oxygen atoms in total. The third-order valence-corrected chi connectivity index (χ3v) is 1.78. The number of aryl methyl sites for hydroxylation is 2. The first-order valence-corrected chi connectivity index (χ1v) is 4.31. The second-order valence-corrected chi connectivity index (χ2v) is 3.56. The predicted molar refractivity (Wildman–Crippen MR) is 48.9 cm³/mol. The molecule has 0 atom stereocenters. The van der Waals surface area contributed by atoms with Gasteiger partial charge >= 0.3 is 0 Å². The minimum Gasteiger partial charge on any atom is -0.238 e. The van der Waals surface area contributed by atoms with Gasteiger partial charge in [0.05, 0.1) is 6.20 Å². The smallest absolute Gasteiger partial charge is 0.129 e. The fraction of sp³-hybridized carbons (Fsp3) is 0.600. The molecule has 1 heterocycles. The molecule has 0 saturated carbocycles. The molecule has 0 N–H and O–H groups in total. The monoisotopic (exact) mass is 163 g/mol. The molecule has 0 spiro atoms. The van der Waals surface area contributed by atoms with Crippen molar-refractivity contribution < 1.29 is 0 Å². The van der Waals surface area contributed by atoms with E-state index in [1.165, 1.54) is 0 Å². The predicted octanol–water partition coefficient (Wildman–Crippen LogP) is 2.09. The van der Waals surface area contributed by atoms with Gasteiger partial charge in [0.25, 0.3) is 0 Å². The van der Waals surface area contributed by atoms with Gasteiger partial charge in [-0.15, -0.1) is 0 Å². The van der Waals surface area contributed by atoms with Crippen LogP contribution in [0.15, 0.2) is 0 Å². The number of hydrogen-bond donors (Lipinski definition) is 0. The maximum Gasteiger partial charge on any atom is 0.129 e. The van der Waals surface area contributed by atoms with Crippen molar-refractivity contribution in [2.24, 2.45) is 5.92 Å². The van der Waals surface area contributed by atoms with E-state index in [0.717, 1.165) is 23.5 Å². The van der Waals surface area contributed by atoms with Crippen LogP contribution in [0, 0.1) is 26.0 Å². The van der Waals surface area contributed by atoms with Gasteiger partial charge < -0.3 is 0 Å². The van der Waals surface area contributed by atoms with Crippen molar-refractivity contribution >= 4 is 0 Å². The standard InChI is InChI=1S/C10H15N2/c1-7(2)5-10-11-6-8(3)9(4)12-10/h7H,5H2,1-4H3. The van der Waals surface area contributed by atoms with Crippen LogP contribution in [-0.4, -0.2) is 9.97 Å². The molecule has 0 aliphatic heterocycles. The molecular formula is C10H15N2. The Bertz CT molecular complexity index is 267. The maximum atomic E-state index is 4.37. The van der Waals surface area contributed by atoms with Crippen LogP contribution in [0.25, 0.3) is 0 Å². The molecule has 0 aromatic carbocycles. The molecule has 1 rings (SSSR count). The second-order valence-electron chi connectivity index (χ2n) is 3.56. The molecule has 0 bridgehead atoms. The van der Waals surface area contributed by atoms with Gasteiger partial charge in [0, 0.05) is 12.1 Å². The first-order valence-electron chi connectivity index (χ1n) is 4.31. The Kier molecular flexibility index (Phi) is 2.79. The molecule has 1 aromatic heterocycles. The summed E-state index contributed by atoms with van der Waals surface area (Å²) in [6.45, 7) is 8.31. The molecule has 0 aliphatic rings. The van der Waals surface area contributed by atoms with Crippen LogP contribution in [0.2, 0.25) is 0 Å². The fourth-order valence-corrected chi connectivity index (χ4v) is 0.988. The second kappa shape index (κ2) is 3.65. The Labute approximate surface area is 74.1 Å². The molecule has 12 heavy (non-hydrogen) atoms. The first kappa shape index (κ1) is 9.17. The fourth-order valence-electron chi connectivity index (χ4n) is 0.988. The van der Waals surface area contributed by atoms with Gasteiger partial charge in [-0.05, 0) is 25.3 Å². The van der Waals surface area contributed by atoms with Gasteiger partial charge in [-0.25, -0.2) is 9.97 Å². The molecule has 0 fully saturated rings. The van der Waals surface area contributed by atoms with Crippen LogP contribution in [0.5, 0.6) is 0 Å². The minimum atomic E-state index is 0.612. The summed E-state index contributed by atoms with van der Waals surface area (Å²) in [4.78, 5) is 8.51. The molecule has 0 unspecified atom stereocenters. The summed E-state index contributed by atoms with van der Waals surface area (Å²) in [5, 5.41) is 0. The van der Waals surface area contributed by atoms with E-state index in [9.17, 15) is 0 Å². The molecule has 65 valence electrons. The highest BCUT2D eigenvalue weighted by atomic mass is 14.9. The molecule has 1 aromatic rings. The van der Waals surface area contributed by atoms with Crippen molar-refractivity contribution in [3.63, 3.8) is 0 Å². The van der Waals surface area contributed by atoms with Crippen LogP contribution in [0.1, 0.15) is 30.9 Å². The van der Waals surface area contributed by atoms with Gasteiger partial charge in [0.2, 0.25) is 0 Å². The van der Waals surface area contributed by atoms with Crippen molar-refractivity contribution in [2.75, 3.05) is 0 Å². The van der Waals surface area contributed by atoms with E-state index in [2.05, 4.69) is 30.0 Å². The minimum absolute atomic E-state index is 0.612. The zero-order valence-corrected chi connectivity index (χ0v) is 8.18. The number of nitrogens with zero attached hydrogens (tertiary/aromatic N) is 2. The third-order valence-electron chi connectivity index (χ3n) is 1.78. The van der Waals surface area contributed by atoms with Crippen LogP contribution < -0.4 is 0 Å². The Morgan fingerprint density at radius 3 is 2.50 bits per heavy atom. The molecule has 2 heteroatoms. The SMILES string of the molecule is Cc1[c]nc(CC(C)C)nc1C. The van der Waals surface area contributed by atoms with Crippen LogP contribution >= 0.6 is 0 Å². The topological polar surface area (TPSA) is 25.8 Å². The lowest BCUT2D eigenvalue weighted by Crippen LogP contribution is -2.03. The van der Waals surface area contributed by atoms with Gasteiger partial charge in [-0.2, -0.15) is 0 Å². The highest BCUT2D eigenvalue weighted by Gasteiger charge is 2.02. The van der Waals surface area contributed by atoms with Gasteiger partial charge in [0.1, 0.15) is 5.82 Å². The van der Waals surface area contributed by atoms with E-state index in [-0.39, 0.29) is 0 Å². The van der Waals surface area contributed by atoms with Gasteiger partial charge in [-0.3, -0.25) is 0 Å². The lowest BCUT2D eigenvalue weighted by atomic mass is 10.1. The van der Waals surface area contributed by atoms with Crippen molar-refractivity contribution in [1.82, 2.24) is 9.97 Å². The van der Waals surface area contributed by atoms with E-state index in [4.69, 9.17) is 0 Å². The maximum absolute atomic E-state index is 4.37. The Hall–Kier alpha value is -0.920.